The maximum Gasteiger partial charge on any atom is 0.336 e. The molecule has 156 valence electrons. The van der Waals surface area contributed by atoms with E-state index in [0.29, 0.717) is 30.5 Å². The third-order valence-electron chi connectivity index (χ3n) is 5.52. The monoisotopic (exact) mass is 397 g/mol. The maximum atomic E-state index is 13.2. The van der Waals surface area contributed by atoms with E-state index in [4.69, 9.17) is 10.5 Å². The number of allylic oxidation sites excluding steroid dienone is 3. The molecule has 1 unspecified atom stereocenters. The van der Waals surface area contributed by atoms with Crippen LogP contribution in [0.25, 0.3) is 0 Å². The fourth-order valence-electron chi connectivity index (χ4n) is 4.32. The largest absolute Gasteiger partial charge is 0.463 e. The fourth-order valence-corrected chi connectivity index (χ4v) is 4.32. The number of hydrogen-bond donors (Lipinski definition) is 2. The molecular weight excluding hydrogens is 366 g/mol. The Morgan fingerprint density at radius 1 is 1.34 bits per heavy atom. The van der Waals surface area contributed by atoms with E-state index in [1.165, 1.54) is 0 Å². The van der Waals surface area contributed by atoms with Crippen molar-refractivity contribution in [3.63, 3.8) is 0 Å². The first-order valence-electron chi connectivity index (χ1n) is 10.4. The number of Topliss-reactive ketones (excluding diaryl/α,β-unsaturated/α-hetero) is 1. The first-order chi connectivity index (χ1) is 13.9. The van der Waals surface area contributed by atoms with Gasteiger partial charge in [-0.25, -0.2) is 4.79 Å². The van der Waals surface area contributed by atoms with Crippen molar-refractivity contribution in [3.05, 3.63) is 52.6 Å². The lowest BCUT2D eigenvalue weighted by molar-refractivity contribution is -0.138. The van der Waals surface area contributed by atoms with Crippen LogP contribution in [0.1, 0.15) is 64.4 Å². The molecule has 0 amide bonds. The number of carbonyl (C=O) groups is 2. The van der Waals surface area contributed by atoms with Gasteiger partial charge in [0, 0.05) is 41.7 Å². The van der Waals surface area contributed by atoms with Crippen molar-refractivity contribution in [2.45, 2.75) is 58.8 Å². The van der Waals surface area contributed by atoms with Crippen LogP contribution >= 0.6 is 0 Å². The number of nitrogens with zero attached hydrogens (tertiary/aromatic N) is 1. The minimum atomic E-state index is -0.449. The van der Waals surface area contributed by atoms with Gasteiger partial charge in [0.1, 0.15) is 0 Å². The van der Waals surface area contributed by atoms with Crippen molar-refractivity contribution in [2.75, 3.05) is 13.2 Å². The van der Waals surface area contributed by atoms with Gasteiger partial charge in [-0.1, -0.05) is 19.9 Å². The fraction of sp³-hybridized carbons (Fsp3) is 0.522. The van der Waals surface area contributed by atoms with E-state index in [-0.39, 0.29) is 23.8 Å². The Hall–Kier alpha value is -2.47. The normalized spacial score (nSPS) is 21.0. The van der Waals surface area contributed by atoms with Gasteiger partial charge in [0.15, 0.2) is 5.78 Å². The summed E-state index contributed by atoms with van der Waals surface area (Å²) in [6, 6.07) is 3.77. The zero-order valence-electron chi connectivity index (χ0n) is 17.6. The molecule has 0 aromatic carbocycles. The molecule has 29 heavy (non-hydrogen) atoms. The number of esters is 1. The van der Waals surface area contributed by atoms with Gasteiger partial charge >= 0.3 is 5.97 Å². The minimum Gasteiger partial charge on any atom is -0.463 e. The average molecular weight is 398 g/mol. The summed E-state index contributed by atoms with van der Waals surface area (Å²) in [5.74, 6) is -0.739. The molecule has 0 saturated heterocycles. The van der Waals surface area contributed by atoms with E-state index in [1.807, 2.05) is 12.1 Å². The van der Waals surface area contributed by atoms with Gasteiger partial charge in [-0.05, 0) is 56.2 Å². The van der Waals surface area contributed by atoms with E-state index < -0.39 is 5.92 Å². The lowest BCUT2D eigenvalue weighted by atomic mass is 9.68. The predicted molar refractivity (Wildman–Crippen MR) is 112 cm³/mol. The molecule has 0 spiro atoms. The molecule has 1 atom stereocenters. The molecule has 1 aromatic heterocycles. The highest BCUT2D eigenvalue weighted by molar-refractivity contribution is 6.04. The third kappa shape index (κ3) is 4.58. The van der Waals surface area contributed by atoms with Gasteiger partial charge in [0.2, 0.25) is 0 Å². The van der Waals surface area contributed by atoms with E-state index in [0.717, 1.165) is 36.2 Å². The van der Waals surface area contributed by atoms with Crippen LogP contribution in [-0.2, 0) is 14.3 Å². The number of pyridine rings is 1. The smallest absolute Gasteiger partial charge is 0.336 e. The Labute approximate surface area is 172 Å². The van der Waals surface area contributed by atoms with Gasteiger partial charge in [-0.15, -0.1) is 0 Å². The molecule has 1 aliphatic carbocycles. The highest BCUT2D eigenvalue weighted by atomic mass is 16.5. The molecule has 2 aliphatic rings. The molecule has 0 saturated carbocycles. The summed E-state index contributed by atoms with van der Waals surface area (Å²) in [6.07, 6.45) is 7.08. The van der Waals surface area contributed by atoms with E-state index in [9.17, 15) is 9.59 Å². The Kier molecular flexibility index (Phi) is 6.52. The first-order valence-corrected chi connectivity index (χ1v) is 10.4. The molecule has 6 heteroatoms. The number of unbranched alkanes of at least 4 members (excludes halogenated alkanes) is 1. The number of carbonyl (C=O) groups excluding carboxylic acids is 2. The van der Waals surface area contributed by atoms with Crippen LogP contribution in [0.2, 0.25) is 0 Å². The number of nitrogens with one attached hydrogen (secondary N) is 1. The van der Waals surface area contributed by atoms with Crippen molar-refractivity contribution in [3.8, 4) is 0 Å². The van der Waals surface area contributed by atoms with E-state index >= 15 is 0 Å². The van der Waals surface area contributed by atoms with Crippen LogP contribution in [0.5, 0.6) is 0 Å². The molecular formula is C23H31N3O3. The number of dihydropyridines is 1. The number of hydrogen-bond acceptors (Lipinski definition) is 6. The van der Waals surface area contributed by atoms with Crippen molar-refractivity contribution in [1.82, 2.24) is 10.3 Å². The van der Waals surface area contributed by atoms with Crippen molar-refractivity contribution < 1.29 is 14.3 Å². The van der Waals surface area contributed by atoms with Crippen LogP contribution in [-0.4, -0.2) is 29.9 Å². The first kappa shape index (κ1) is 21.2. The SMILES string of the molecule is CCOC(=O)C1=C(CCCCN)NC2=C(C(=O)CC(C)(C)C2)C1c1cccnc1. The van der Waals surface area contributed by atoms with Gasteiger partial charge in [-0.2, -0.15) is 0 Å². The number of nitrogens with two attached hydrogens (primary N) is 1. The summed E-state index contributed by atoms with van der Waals surface area (Å²) >= 11 is 0. The molecule has 1 aliphatic heterocycles. The van der Waals surface area contributed by atoms with Gasteiger partial charge in [-0.3, -0.25) is 9.78 Å². The minimum absolute atomic E-state index is 0.0837. The number of ether oxygens (including phenoxy) is 1. The lowest BCUT2D eigenvalue weighted by Crippen LogP contribution is -2.39. The maximum absolute atomic E-state index is 13.2. The van der Waals surface area contributed by atoms with Crippen LogP contribution in [0.4, 0.5) is 0 Å². The van der Waals surface area contributed by atoms with E-state index in [1.54, 1.807) is 19.3 Å². The van der Waals surface area contributed by atoms with Crippen molar-refractivity contribution in [1.29, 1.82) is 0 Å². The Balaban J connectivity index is 2.14. The predicted octanol–water partition coefficient (Wildman–Crippen LogP) is 3.36. The van der Waals surface area contributed by atoms with Crippen molar-refractivity contribution in [2.24, 2.45) is 11.1 Å². The van der Waals surface area contributed by atoms with E-state index in [2.05, 4.69) is 24.1 Å². The molecule has 0 fully saturated rings. The highest BCUT2D eigenvalue weighted by Crippen LogP contribution is 2.47. The highest BCUT2D eigenvalue weighted by Gasteiger charge is 2.43. The number of aromatic nitrogens is 1. The zero-order chi connectivity index (χ0) is 21.0. The second kappa shape index (κ2) is 8.91. The van der Waals surface area contributed by atoms with Crippen LogP contribution in [0.3, 0.4) is 0 Å². The van der Waals surface area contributed by atoms with Crippen LogP contribution in [0.15, 0.2) is 47.1 Å². The standard InChI is InChI=1S/C23H31N3O3/c1-4-29-22(28)21-16(9-5-6-10-24)26-17-12-23(2,3)13-18(27)20(17)19(21)15-8-7-11-25-14-15/h7-8,11,14,19,26H,4-6,9-10,12-13,24H2,1-3H3. The molecule has 0 radical (unpaired) electrons. The van der Waals surface area contributed by atoms with Gasteiger partial charge < -0.3 is 15.8 Å². The topological polar surface area (TPSA) is 94.3 Å². The quantitative estimate of drug-likeness (QED) is 0.541. The Morgan fingerprint density at radius 3 is 2.79 bits per heavy atom. The summed E-state index contributed by atoms with van der Waals surface area (Å²) < 4.78 is 5.41. The van der Waals surface area contributed by atoms with Gasteiger partial charge in [0.05, 0.1) is 12.2 Å². The lowest BCUT2D eigenvalue weighted by Gasteiger charge is -2.40. The molecule has 1 aromatic rings. The molecule has 6 nitrogen and oxygen atoms in total. The number of ketones is 1. The Bertz CT molecular complexity index is 840. The summed E-state index contributed by atoms with van der Waals surface area (Å²) in [5, 5.41) is 3.47. The second-order valence-electron chi connectivity index (χ2n) is 8.54. The molecule has 3 N–H and O–H groups in total. The summed E-state index contributed by atoms with van der Waals surface area (Å²) in [5.41, 5.74) is 9.38. The second-order valence-corrected chi connectivity index (χ2v) is 8.54. The van der Waals surface area contributed by atoms with Crippen molar-refractivity contribution >= 4 is 11.8 Å². The summed E-state index contributed by atoms with van der Waals surface area (Å²) in [6.45, 7) is 6.89. The average Bonchev–Trinajstić information content (AvgIpc) is 2.67. The third-order valence-corrected chi connectivity index (χ3v) is 5.52. The molecule has 2 heterocycles. The van der Waals surface area contributed by atoms with Crippen LogP contribution < -0.4 is 11.1 Å². The number of rotatable bonds is 7. The Morgan fingerprint density at radius 2 is 2.14 bits per heavy atom. The summed E-state index contributed by atoms with van der Waals surface area (Å²) in [4.78, 5) is 30.5. The van der Waals surface area contributed by atoms with Crippen LogP contribution in [0, 0.1) is 5.41 Å². The molecule has 0 bridgehead atoms. The zero-order valence-corrected chi connectivity index (χ0v) is 17.6. The molecule has 3 rings (SSSR count). The summed E-state index contributed by atoms with van der Waals surface area (Å²) in [7, 11) is 0. The van der Waals surface area contributed by atoms with Gasteiger partial charge in [0.25, 0.3) is 0 Å².